The number of nitrogens with zero attached hydrogens (tertiary/aromatic N) is 1. The summed E-state index contributed by atoms with van der Waals surface area (Å²) in [7, 11) is 4.01. The van der Waals surface area contributed by atoms with Gasteiger partial charge in [0.25, 0.3) is 0 Å². The number of likely N-dealkylation sites (N-methyl/N-ethyl adjacent to an activating group) is 2. The Kier molecular flexibility index (Phi) is 5.53. The summed E-state index contributed by atoms with van der Waals surface area (Å²) in [6.45, 7) is 8.19. The van der Waals surface area contributed by atoms with Crippen LogP contribution in [0.15, 0.2) is 0 Å². The number of rotatable bonds is 5. The summed E-state index contributed by atoms with van der Waals surface area (Å²) in [5.74, 6) is 0. The summed E-state index contributed by atoms with van der Waals surface area (Å²) >= 11 is 0. The molecule has 0 rings (SSSR count). The standard InChI is InChI=1S/C10H24N2O/c1-7(11-5)8(2)12(6)9(3)10(4)13/h7-11,13H,1-6H3. The largest absolute Gasteiger partial charge is 0.392 e. The molecule has 0 aromatic rings. The molecule has 3 nitrogen and oxygen atoms in total. The predicted molar refractivity (Wildman–Crippen MR) is 56.9 cm³/mol. The zero-order valence-electron chi connectivity index (χ0n) is 9.70. The minimum absolute atomic E-state index is 0.200. The van der Waals surface area contributed by atoms with Gasteiger partial charge in [0.2, 0.25) is 0 Å². The Hall–Kier alpha value is -0.120. The van der Waals surface area contributed by atoms with Crippen molar-refractivity contribution in [1.82, 2.24) is 10.2 Å². The first kappa shape index (κ1) is 12.9. The SMILES string of the molecule is CNC(C)C(C)N(C)C(C)C(C)O. The van der Waals surface area contributed by atoms with Gasteiger partial charge < -0.3 is 10.4 Å². The zero-order chi connectivity index (χ0) is 10.6. The van der Waals surface area contributed by atoms with Crippen molar-refractivity contribution in [3.63, 3.8) is 0 Å². The van der Waals surface area contributed by atoms with Crippen LogP contribution in [-0.4, -0.2) is 48.3 Å². The first-order valence-corrected chi connectivity index (χ1v) is 4.99. The number of hydrogen-bond acceptors (Lipinski definition) is 3. The molecule has 80 valence electrons. The number of aliphatic hydroxyl groups excluding tert-OH is 1. The maximum atomic E-state index is 9.43. The first-order chi connectivity index (χ1) is 5.91. The molecule has 0 aliphatic rings. The lowest BCUT2D eigenvalue weighted by molar-refractivity contribution is 0.0575. The summed E-state index contributed by atoms with van der Waals surface area (Å²) in [5.41, 5.74) is 0. The topological polar surface area (TPSA) is 35.5 Å². The van der Waals surface area contributed by atoms with Crippen molar-refractivity contribution >= 4 is 0 Å². The van der Waals surface area contributed by atoms with Crippen LogP contribution in [0.5, 0.6) is 0 Å². The van der Waals surface area contributed by atoms with Gasteiger partial charge in [-0.3, -0.25) is 4.90 Å². The van der Waals surface area contributed by atoms with E-state index in [4.69, 9.17) is 0 Å². The average molecular weight is 188 g/mol. The number of hydrogen-bond donors (Lipinski definition) is 2. The molecule has 0 saturated heterocycles. The van der Waals surface area contributed by atoms with Crippen molar-refractivity contribution in [3.05, 3.63) is 0 Å². The smallest absolute Gasteiger partial charge is 0.0664 e. The van der Waals surface area contributed by atoms with E-state index in [9.17, 15) is 5.11 Å². The van der Waals surface area contributed by atoms with E-state index in [0.29, 0.717) is 12.1 Å². The molecule has 13 heavy (non-hydrogen) atoms. The van der Waals surface area contributed by atoms with E-state index in [1.807, 2.05) is 20.9 Å². The molecular weight excluding hydrogens is 164 g/mol. The summed E-state index contributed by atoms with van der Waals surface area (Å²) in [6, 6.07) is 1.06. The molecule has 0 aliphatic heterocycles. The second-order valence-corrected chi connectivity index (χ2v) is 3.96. The molecule has 0 saturated carbocycles. The van der Waals surface area contributed by atoms with Gasteiger partial charge in [-0.25, -0.2) is 0 Å². The molecule has 0 spiro atoms. The Morgan fingerprint density at radius 1 is 1.08 bits per heavy atom. The van der Waals surface area contributed by atoms with Crippen LogP contribution >= 0.6 is 0 Å². The molecule has 0 amide bonds. The van der Waals surface area contributed by atoms with Crippen molar-refractivity contribution in [2.75, 3.05) is 14.1 Å². The van der Waals surface area contributed by atoms with Gasteiger partial charge in [-0.15, -0.1) is 0 Å². The molecule has 0 aromatic carbocycles. The number of nitrogens with one attached hydrogen (secondary N) is 1. The Balaban J connectivity index is 4.15. The molecule has 0 fully saturated rings. The third-order valence-corrected chi connectivity index (χ3v) is 3.16. The second kappa shape index (κ2) is 5.58. The molecule has 4 atom stereocenters. The first-order valence-electron chi connectivity index (χ1n) is 4.99. The number of aliphatic hydroxyl groups is 1. The zero-order valence-corrected chi connectivity index (χ0v) is 9.70. The second-order valence-electron chi connectivity index (χ2n) is 3.96. The highest BCUT2D eigenvalue weighted by Crippen LogP contribution is 2.09. The summed E-state index contributed by atoms with van der Waals surface area (Å²) < 4.78 is 0. The summed E-state index contributed by atoms with van der Waals surface area (Å²) in [5, 5.41) is 12.6. The van der Waals surface area contributed by atoms with Crippen LogP contribution in [0.1, 0.15) is 27.7 Å². The van der Waals surface area contributed by atoms with Gasteiger partial charge in [-0.2, -0.15) is 0 Å². The Bertz CT molecular complexity index is 139. The van der Waals surface area contributed by atoms with E-state index in [1.54, 1.807) is 0 Å². The fraction of sp³-hybridized carbons (Fsp3) is 1.00. The summed E-state index contributed by atoms with van der Waals surface area (Å²) in [4.78, 5) is 2.20. The lowest BCUT2D eigenvalue weighted by Gasteiger charge is -2.35. The molecule has 0 aliphatic carbocycles. The van der Waals surface area contributed by atoms with E-state index < -0.39 is 0 Å². The maximum absolute atomic E-state index is 9.43. The normalized spacial score (nSPS) is 21.2. The monoisotopic (exact) mass is 188 g/mol. The van der Waals surface area contributed by atoms with Crippen LogP contribution in [0.25, 0.3) is 0 Å². The Morgan fingerprint density at radius 2 is 1.54 bits per heavy atom. The van der Waals surface area contributed by atoms with Gasteiger partial charge in [0, 0.05) is 18.1 Å². The van der Waals surface area contributed by atoms with Crippen LogP contribution < -0.4 is 5.32 Å². The lowest BCUT2D eigenvalue weighted by atomic mass is 10.1. The molecule has 0 heterocycles. The Labute approximate surface area is 82.1 Å². The van der Waals surface area contributed by atoms with Crippen molar-refractivity contribution < 1.29 is 5.11 Å². The molecule has 0 aromatic heterocycles. The summed E-state index contributed by atoms with van der Waals surface area (Å²) in [6.07, 6.45) is -0.281. The van der Waals surface area contributed by atoms with Crippen molar-refractivity contribution in [2.45, 2.75) is 51.9 Å². The van der Waals surface area contributed by atoms with E-state index in [-0.39, 0.29) is 12.1 Å². The molecule has 4 unspecified atom stereocenters. The van der Waals surface area contributed by atoms with E-state index in [2.05, 4.69) is 31.1 Å². The van der Waals surface area contributed by atoms with Crippen LogP contribution in [0.3, 0.4) is 0 Å². The van der Waals surface area contributed by atoms with Gasteiger partial charge in [0.15, 0.2) is 0 Å². The molecule has 0 radical (unpaired) electrons. The quantitative estimate of drug-likeness (QED) is 0.666. The van der Waals surface area contributed by atoms with E-state index in [0.717, 1.165) is 0 Å². The Morgan fingerprint density at radius 3 is 1.85 bits per heavy atom. The highest BCUT2D eigenvalue weighted by atomic mass is 16.3. The third-order valence-electron chi connectivity index (χ3n) is 3.16. The fourth-order valence-electron chi connectivity index (χ4n) is 1.31. The predicted octanol–water partition coefficient (Wildman–Crippen LogP) is 0.684. The van der Waals surface area contributed by atoms with E-state index >= 15 is 0 Å². The molecular formula is C10H24N2O. The minimum Gasteiger partial charge on any atom is -0.392 e. The lowest BCUT2D eigenvalue weighted by Crippen LogP contribution is -2.50. The van der Waals surface area contributed by atoms with Gasteiger partial charge in [-0.05, 0) is 41.8 Å². The van der Waals surface area contributed by atoms with Gasteiger partial charge in [0.05, 0.1) is 6.10 Å². The van der Waals surface area contributed by atoms with Crippen LogP contribution in [0.4, 0.5) is 0 Å². The van der Waals surface area contributed by atoms with E-state index in [1.165, 1.54) is 0 Å². The van der Waals surface area contributed by atoms with Gasteiger partial charge >= 0.3 is 0 Å². The van der Waals surface area contributed by atoms with Crippen molar-refractivity contribution in [1.29, 1.82) is 0 Å². The highest BCUT2D eigenvalue weighted by molar-refractivity contribution is 4.80. The van der Waals surface area contributed by atoms with Crippen LogP contribution in [0.2, 0.25) is 0 Å². The maximum Gasteiger partial charge on any atom is 0.0664 e. The van der Waals surface area contributed by atoms with Crippen LogP contribution in [0, 0.1) is 0 Å². The third kappa shape index (κ3) is 3.63. The molecule has 0 bridgehead atoms. The fourth-order valence-corrected chi connectivity index (χ4v) is 1.31. The average Bonchev–Trinajstić information content (AvgIpc) is 2.12. The molecule has 3 heteroatoms. The van der Waals surface area contributed by atoms with Crippen molar-refractivity contribution in [2.24, 2.45) is 0 Å². The van der Waals surface area contributed by atoms with Crippen molar-refractivity contribution in [3.8, 4) is 0 Å². The van der Waals surface area contributed by atoms with Gasteiger partial charge in [-0.1, -0.05) is 0 Å². The van der Waals surface area contributed by atoms with Crippen LogP contribution in [-0.2, 0) is 0 Å². The molecule has 2 N–H and O–H groups in total. The highest BCUT2D eigenvalue weighted by Gasteiger charge is 2.22. The van der Waals surface area contributed by atoms with Gasteiger partial charge in [0.1, 0.15) is 0 Å². The minimum atomic E-state index is -0.281.